The molecule has 3 rings (SSSR count). The topological polar surface area (TPSA) is 147 Å². The number of rotatable bonds is 4. The van der Waals surface area contributed by atoms with Crippen LogP contribution in [-0.4, -0.2) is 74.6 Å². The standard InChI is InChI=1S/C13H17N7O5S/c1-9-11(8-14-17(9)2)26(24,25)19-5-3-18(4-6-19)13(21)10-7-12(16-15-10)20(22)23/h7-8H,3-6H2,1-2H3,(H,15,16). The first kappa shape index (κ1) is 18.0. The smallest absolute Gasteiger partial charge is 0.343 e. The van der Waals surface area contributed by atoms with Gasteiger partial charge in [-0.3, -0.25) is 9.48 Å². The normalized spacial score (nSPS) is 16.0. The molecule has 0 aliphatic carbocycles. The van der Waals surface area contributed by atoms with Gasteiger partial charge in [0.1, 0.15) is 4.90 Å². The molecule has 12 nitrogen and oxygen atoms in total. The average molecular weight is 383 g/mol. The second-order valence-corrected chi connectivity index (χ2v) is 7.72. The molecule has 1 amide bonds. The molecule has 0 unspecified atom stereocenters. The summed E-state index contributed by atoms with van der Waals surface area (Å²) in [6.07, 6.45) is 1.31. The first-order chi connectivity index (χ1) is 12.2. The first-order valence-corrected chi connectivity index (χ1v) is 9.13. The Morgan fingerprint density at radius 2 is 1.96 bits per heavy atom. The van der Waals surface area contributed by atoms with Crippen LogP contribution in [0.3, 0.4) is 0 Å². The molecule has 1 aliphatic rings. The van der Waals surface area contributed by atoms with Crippen molar-refractivity contribution in [2.75, 3.05) is 26.2 Å². The SMILES string of the molecule is Cc1c(S(=O)(=O)N2CCN(C(=O)c3cc([N+](=O)[O-])[nH]n3)CC2)cnn1C. The third kappa shape index (κ3) is 3.06. The highest BCUT2D eigenvalue weighted by atomic mass is 32.2. The van der Waals surface area contributed by atoms with E-state index in [4.69, 9.17) is 0 Å². The van der Waals surface area contributed by atoms with Crippen LogP contribution in [0.2, 0.25) is 0 Å². The number of H-pyrrole nitrogens is 1. The second kappa shape index (κ2) is 6.49. The van der Waals surface area contributed by atoms with E-state index < -0.39 is 20.9 Å². The Morgan fingerprint density at radius 3 is 2.46 bits per heavy atom. The molecule has 0 saturated carbocycles. The Bertz CT molecular complexity index is 955. The van der Waals surface area contributed by atoms with E-state index >= 15 is 0 Å². The van der Waals surface area contributed by atoms with Crippen molar-refractivity contribution in [2.24, 2.45) is 7.05 Å². The van der Waals surface area contributed by atoms with E-state index in [0.717, 1.165) is 6.07 Å². The molecule has 140 valence electrons. The van der Waals surface area contributed by atoms with Crippen LogP contribution in [0.1, 0.15) is 16.2 Å². The number of hydrogen-bond donors (Lipinski definition) is 1. The van der Waals surface area contributed by atoms with Crippen LogP contribution >= 0.6 is 0 Å². The third-order valence-electron chi connectivity index (χ3n) is 4.31. The second-order valence-electron chi connectivity index (χ2n) is 5.81. The highest BCUT2D eigenvalue weighted by Gasteiger charge is 2.33. The number of sulfonamides is 1. The van der Waals surface area contributed by atoms with Crippen molar-refractivity contribution in [2.45, 2.75) is 11.8 Å². The minimum atomic E-state index is -3.69. The monoisotopic (exact) mass is 383 g/mol. The van der Waals surface area contributed by atoms with Crippen LogP contribution in [-0.2, 0) is 17.1 Å². The van der Waals surface area contributed by atoms with Gasteiger partial charge in [0.05, 0.1) is 18.0 Å². The molecule has 0 spiro atoms. The van der Waals surface area contributed by atoms with E-state index in [0.29, 0.717) is 5.69 Å². The van der Waals surface area contributed by atoms with Crippen LogP contribution < -0.4 is 0 Å². The number of amides is 1. The summed E-state index contributed by atoms with van der Waals surface area (Å²) in [6.45, 7) is 2.24. The lowest BCUT2D eigenvalue weighted by atomic mass is 10.3. The van der Waals surface area contributed by atoms with Gasteiger partial charge >= 0.3 is 5.82 Å². The predicted molar refractivity (Wildman–Crippen MR) is 87.8 cm³/mol. The Labute approximate surface area is 148 Å². The zero-order chi connectivity index (χ0) is 19.1. The Hall–Kier alpha value is -2.80. The summed E-state index contributed by atoms with van der Waals surface area (Å²) >= 11 is 0. The highest BCUT2D eigenvalue weighted by molar-refractivity contribution is 7.89. The number of carbonyl (C=O) groups is 1. The number of aromatic nitrogens is 4. The molecule has 0 atom stereocenters. The summed E-state index contributed by atoms with van der Waals surface area (Å²) in [4.78, 5) is 23.9. The minimum Gasteiger partial charge on any atom is -0.358 e. The fourth-order valence-electron chi connectivity index (χ4n) is 2.68. The van der Waals surface area contributed by atoms with E-state index in [1.165, 1.54) is 20.1 Å². The first-order valence-electron chi connectivity index (χ1n) is 7.69. The van der Waals surface area contributed by atoms with Crippen LogP contribution in [0.15, 0.2) is 17.2 Å². The van der Waals surface area contributed by atoms with Crippen molar-refractivity contribution in [3.63, 3.8) is 0 Å². The van der Waals surface area contributed by atoms with Gasteiger partial charge in [0.15, 0.2) is 5.69 Å². The number of piperazine rings is 1. The van der Waals surface area contributed by atoms with Gasteiger partial charge < -0.3 is 15.0 Å². The van der Waals surface area contributed by atoms with Gasteiger partial charge in [0.2, 0.25) is 10.0 Å². The van der Waals surface area contributed by atoms with Crippen molar-refractivity contribution in [3.05, 3.63) is 33.8 Å². The number of carbonyl (C=O) groups excluding carboxylic acids is 1. The van der Waals surface area contributed by atoms with Gasteiger partial charge in [0.25, 0.3) is 5.91 Å². The van der Waals surface area contributed by atoms with Crippen molar-refractivity contribution in [3.8, 4) is 0 Å². The van der Waals surface area contributed by atoms with Gasteiger partial charge in [-0.15, -0.1) is 5.10 Å². The molecule has 26 heavy (non-hydrogen) atoms. The van der Waals surface area contributed by atoms with Crippen LogP contribution in [0.4, 0.5) is 5.82 Å². The molecule has 1 N–H and O–H groups in total. The molecule has 13 heteroatoms. The lowest BCUT2D eigenvalue weighted by Crippen LogP contribution is -2.50. The molecular weight excluding hydrogens is 366 g/mol. The summed E-state index contributed by atoms with van der Waals surface area (Å²) in [7, 11) is -2.03. The van der Waals surface area contributed by atoms with Crippen LogP contribution in [0.5, 0.6) is 0 Å². The van der Waals surface area contributed by atoms with Crippen molar-refractivity contribution < 1.29 is 18.1 Å². The summed E-state index contributed by atoms with van der Waals surface area (Å²) in [5.74, 6) is -0.856. The number of nitrogens with zero attached hydrogens (tertiary/aromatic N) is 6. The molecular formula is C13H17N7O5S. The van der Waals surface area contributed by atoms with Crippen molar-refractivity contribution in [1.29, 1.82) is 0 Å². The average Bonchev–Trinajstić information content (AvgIpc) is 3.23. The molecule has 0 bridgehead atoms. The Balaban J connectivity index is 1.69. The molecule has 1 aliphatic heterocycles. The minimum absolute atomic E-state index is 0.0730. The lowest BCUT2D eigenvalue weighted by Gasteiger charge is -2.33. The van der Waals surface area contributed by atoms with Gasteiger partial charge in [-0.2, -0.15) is 9.40 Å². The number of aromatic amines is 1. The number of nitro groups is 1. The third-order valence-corrected chi connectivity index (χ3v) is 6.32. The van der Waals surface area contributed by atoms with Crippen molar-refractivity contribution >= 4 is 21.7 Å². The molecule has 2 aromatic heterocycles. The van der Waals surface area contributed by atoms with E-state index in [1.54, 1.807) is 14.0 Å². The maximum Gasteiger partial charge on any atom is 0.343 e. The maximum absolute atomic E-state index is 12.7. The number of nitrogens with one attached hydrogen (secondary N) is 1. The highest BCUT2D eigenvalue weighted by Crippen LogP contribution is 2.21. The van der Waals surface area contributed by atoms with Gasteiger partial charge in [-0.05, 0) is 11.8 Å². The van der Waals surface area contributed by atoms with Crippen LogP contribution in [0.25, 0.3) is 0 Å². The van der Waals surface area contributed by atoms with Crippen LogP contribution in [0, 0.1) is 17.0 Å². The molecule has 1 saturated heterocycles. The largest absolute Gasteiger partial charge is 0.358 e. The molecule has 0 radical (unpaired) electrons. The zero-order valence-electron chi connectivity index (χ0n) is 14.1. The summed E-state index contributed by atoms with van der Waals surface area (Å²) in [5.41, 5.74) is 0.462. The maximum atomic E-state index is 12.7. The fourth-order valence-corrected chi connectivity index (χ4v) is 4.29. The van der Waals surface area contributed by atoms with Crippen molar-refractivity contribution in [1.82, 2.24) is 29.2 Å². The lowest BCUT2D eigenvalue weighted by molar-refractivity contribution is -0.389. The molecule has 0 aromatic carbocycles. The molecule has 2 aromatic rings. The van der Waals surface area contributed by atoms with Gasteiger partial charge in [-0.1, -0.05) is 5.10 Å². The Kier molecular flexibility index (Phi) is 4.50. The van der Waals surface area contributed by atoms with E-state index in [9.17, 15) is 23.3 Å². The summed E-state index contributed by atoms with van der Waals surface area (Å²) in [5, 5.41) is 20.4. The zero-order valence-corrected chi connectivity index (χ0v) is 14.9. The summed E-state index contributed by atoms with van der Waals surface area (Å²) in [6, 6.07) is 1.06. The molecule has 3 heterocycles. The predicted octanol–water partition coefficient (Wildman–Crippen LogP) is -0.493. The fraction of sp³-hybridized carbons (Fsp3) is 0.462. The van der Waals surface area contributed by atoms with Gasteiger partial charge in [0, 0.05) is 33.2 Å². The van der Waals surface area contributed by atoms with E-state index in [1.807, 2.05) is 0 Å². The van der Waals surface area contributed by atoms with E-state index in [2.05, 4.69) is 15.3 Å². The Morgan fingerprint density at radius 1 is 1.31 bits per heavy atom. The van der Waals surface area contributed by atoms with E-state index in [-0.39, 0.29) is 42.6 Å². The number of hydrogen-bond acceptors (Lipinski definition) is 7. The summed E-state index contributed by atoms with van der Waals surface area (Å²) < 4.78 is 28.2. The quantitative estimate of drug-likeness (QED) is 0.553. The number of aryl methyl sites for hydroxylation is 1. The van der Waals surface area contributed by atoms with Gasteiger partial charge in [-0.25, -0.2) is 8.42 Å². The molecule has 1 fully saturated rings.